The molecule has 1 aromatic carbocycles. The molecule has 1 aliphatic heterocycles. The molecule has 3 rings (SSSR count). The van der Waals surface area contributed by atoms with Crippen molar-refractivity contribution in [1.29, 1.82) is 0 Å². The van der Waals surface area contributed by atoms with Crippen LogP contribution in [0.5, 0.6) is 0 Å². The fraction of sp³-hybridized carbons (Fsp3) is 0.500. The molecule has 2 heterocycles. The van der Waals surface area contributed by atoms with Crippen molar-refractivity contribution in [1.82, 2.24) is 14.8 Å². The minimum Gasteiger partial charge on any atom is -0.348 e. The van der Waals surface area contributed by atoms with Crippen LogP contribution in [-0.2, 0) is 16.0 Å². The molecule has 0 spiro atoms. The summed E-state index contributed by atoms with van der Waals surface area (Å²) in [5.74, 6) is 0.507. The summed E-state index contributed by atoms with van der Waals surface area (Å²) in [4.78, 5) is 34.0. The van der Waals surface area contributed by atoms with Crippen LogP contribution in [0.1, 0.15) is 45.1 Å². The van der Waals surface area contributed by atoms with E-state index in [1.54, 1.807) is 11.1 Å². The van der Waals surface area contributed by atoms with Gasteiger partial charge in [-0.2, -0.15) is 0 Å². The Labute approximate surface area is 186 Å². The monoisotopic (exact) mass is 421 g/mol. The van der Waals surface area contributed by atoms with E-state index < -0.39 is 5.41 Å². The average Bonchev–Trinajstić information content (AvgIpc) is 2.80. The molecule has 0 atom stereocenters. The van der Waals surface area contributed by atoms with Gasteiger partial charge < -0.3 is 9.80 Å². The third kappa shape index (κ3) is 5.15. The molecule has 0 radical (unpaired) electrons. The van der Waals surface area contributed by atoms with Crippen molar-refractivity contribution in [2.45, 2.75) is 46.0 Å². The van der Waals surface area contributed by atoms with Gasteiger partial charge in [-0.15, -0.1) is 0 Å². The number of likely N-dealkylation sites (tertiary alicyclic amines) is 1. The Morgan fingerprint density at radius 1 is 1.03 bits per heavy atom. The normalized spacial score (nSPS) is 15.7. The topological polar surface area (TPSA) is 53.5 Å². The quantitative estimate of drug-likeness (QED) is 0.665. The van der Waals surface area contributed by atoms with Crippen LogP contribution in [0.4, 0.5) is 0 Å². The molecular weight excluding hydrogens is 386 g/mol. The van der Waals surface area contributed by atoms with Gasteiger partial charge in [0.2, 0.25) is 11.8 Å². The number of aromatic nitrogens is 1. The zero-order valence-corrected chi connectivity index (χ0v) is 19.3. The number of pyridine rings is 1. The molecule has 1 aliphatic rings. The predicted molar refractivity (Wildman–Crippen MR) is 124 cm³/mol. The molecular formula is C26H35N3O2. The molecule has 0 unspecified atom stereocenters. The molecule has 31 heavy (non-hydrogen) atoms. The molecule has 1 aromatic heterocycles. The highest BCUT2D eigenvalue weighted by Gasteiger charge is 2.43. The number of piperidine rings is 1. The number of amides is 2. The molecule has 0 N–H and O–H groups in total. The summed E-state index contributed by atoms with van der Waals surface area (Å²) in [6.07, 6.45) is 7.49. The molecule has 2 aromatic rings. The van der Waals surface area contributed by atoms with Crippen LogP contribution in [0, 0.1) is 11.3 Å². The fourth-order valence-corrected chi connectivity index (χ4v) is 4.73. The first-order valence-electron chi connectivity index (χ1n) is 11.4. The summed E-state index contributed by atoms with van der Waals surface area (Å²) < 4.78 is 0. The molecule has 166 valence electrons. The first kappa shape index (κ1) is 23.0. The molecule has 5 heteroatoms. The highest BCUT2D eigenvalue weighted by Crippen LogP contribution is 2.38. The van der Waals surface area contributed by atoms with E-state index in [1.807, 2.05) is 37.3 Å². The Morgan fingerprint density at radius 2 is 1.68 bits per heavy atom. The maximum absolute atomic E-state index is 13.2. The number of hydrogen-bond acceptors (Lipinski definition) is 3. The Hall–Kier alpha value is -2.69. The van der Waals surface area contributed by atoms with Crippen LogP contribution in [0.15, 0.2) is 48.8 Å². The lowest BCUT2D eigenvalue weighted by Crippen LogP contribution is -2.51. The number of nitrogens with zero attached hydrogens (tertiary/aromatic N) is 3. The third-order valence-electron chi connectivity index (χ3n) is 6.72. The lowest BCUT2D eigenvalue weighted by molar-refractivity contribution is -0.147. The van der Waals surface area contributed by atoms with E-state index >= 15 is 0 Å². The summed E-state index contributed by atoms with van der Waals surface area (Å²) in [6.45, 7) is 5.46. The maximum atomic E-state index is 13.2. The van der Waals surface area contributed by atoms with Crippen LogP contribution in [0.25, 0.3) is 11.1 Å². The van der Waals surface area contributed by atoms with Crippen molar-refractivity contribution >= 4 is 11.8 Å². The van der Waals surface area contributed by atoms with Gasteiger partial charge in [-0.3, -0.25) is 14.6 Å². The van der Waals surface area contributed by atoms with Crippen molar-refractivity contribution in [3.05, 3.63) is 54.4 Å². The second kappa shape index (κ2) is 10.1. The van der Waals surface area contributed by atoms with E-state index in [-0.39, 0.29) is 17.7 Å². The Kier molecular flexibility index (Phi) is 7.47. The highest BCUT2D eigenvalue weighted by atomic mass is 16.2. The largest absolute Gasteiger partial charge is 0.348 e. The molecule has 2 amide bonds. The Morgan fingerprint density at radius 3 is 2.19 bits per heavy atom. The van der Waals surface area contributed by atoms with Crippen LogP contribution in [0.2, 0.25) is 0 Å². The summed E-state index contributed by atoms with van der Waals surface area (Å²) in [5, 5.41) is 0. The van der Waals surface area contributed by atoms with E-state index in [1.165, 1.54) is 0 Å². The van der Waals surface area contributed by atoms with Crippen molar-refractivity contribution in [3.8, 4) is 11.1 Å². The van der Waals surface area contributed by atoms with E-state index in [9.17, 15) is 9.59 Å². The van der Waals surface area contributed by atoms with E-state index in [2.05, 4.69) is 43.1 Å². The van der Waals surface area contributed by atoms with Gasteiger partial charge in [0.15, 0.2) is 0 Å². The number of hydrogen-bond donors (Lipinski definition) is 0. The number of rotatable bonds is 7. The second-order valence-corrected chi connectivity index (χ2v) is 8.93. The zero-order valence-electron chi connectivity index (χ0n) is 19.3. The van der Waals surface area contributed by atoms with Crippen molar-refractivity contribution < 1.29 is 9.59 Å². The third-order valence-corrected chi connectivity index (χ3v) is 6.72. The van der Waals surface area contributed by atoms with E-state index in [0.29, 0.717) is 32.4 Å². The summed E-state index contributed by atoms with van der Waals surface area (Å²) >= 11 is 0. The standard InChI is InChI=1S/C26H35N3O2/c1-5-21(6-2)24(30)29-16-13-26(14-17-29,25(31)28(3)4)18-20-9-11-22(12-10-20)23-8-7-15-27-19-23/h7-12,15,19,21H,5-6,13-14,16-18H2,1-4H3. The second-order valence-electron chi connectivity index (χ2n) is 8.93. The lowest BCUT2D eigenvalue weighted by Gasteiger charge is -2.43. The van der Waals surface area contributed by atoms with Crippen LogP contribution in [0.3, 0.4) is 0 Å². The van der Waals surface area contributed by atoms with Gasteiger partial charge >= 0.3 is 0 Å². The SMILES string of the molecule is CCC(CC)C(=O)N1CCC(Cc2ccc(-c3cccnc3)cc2)(C(=O)N(C)C)CC1. The maximum Gasteiger partial charge on any atom is 0.228 e. The molecule has 5 nitrogen and oxygen atoms in total. The van der Waals surface area contributed by atoms with Crippen molar-refractivity contribution in [3.63, 3.8) is 0 Å². The number of carbonyl (C=O) groups is 2. The van der Waals surface area contributed by atoms with Crippen LogP contribution < -0.4 is 0 Å². The minimum absolute atomic E-state index is 0.0945. The van der Waals surface area contributed by atoms with E-state index in [4.69, 9.17) is 0 Å². The van der Waals surface area contributed by atoms with Gasteiger partial charge in [-0.25, -0.2) is 0 Å². The average molecular weight is 422 g/mol. The Bertz CT molecular complexity index is 865. The molecule has 0 aliphatic carbocycles. The summed E-state index contributed by atoms with van der Waals surface area (Å²) in [6, 6.07) is 12.4. The van der Waals surface area contributed by atoms with Gasteiger partial charge in [-0.1, -0.05) is 44.2 Å². The van der Waals surface area contributed by atoms with Gasteiger partial charge in [0.05, 0.1) is 5.41 Å². The molecule has 1 fully saturated rings. The van der Waals surface area contributed by atoms with Crippen LogP contribution in [-0.4, -0.2) is 53.8 Å². The smallest absolute Gasteiger partial charge is 0.228 e. The van der Waals surface area contributed by atoms with E-state index in [0.717, 1.165) is 29.5 Å². The molecule has 1 saturated heterocycles. The van der Waals surface area contributed by atoms with Gasteiger partial charge in [-0.05, 0) is 54.9 Å². The fourth-order valence-electron chi connectivity index (χ4n) is 4.73. The van der Waals surface area contributed by atoms with Crippen molar-refractivity contribution in [2.24, 2.45) is 11.3 Å². The Balaban J connectivity index is 1.76. The summed E-state index contributed by atoms with van der Waals surface area (Å²) in [5.41, 5.74) is 2.91. The van der Waals surface area contributed by atoms with Crippen LogP contribution >= 0.6 is 0 Å². The first-order valence-corrected chi connectivity index (χ1v) is 11.4. The van der Waals surface area contributed by atoms with Crippen molar-refractivity contribution in [2.75, 3.05) is 27.2 Å². The minimum atomic E-state index is -0.454. The zero-order chi connectivity index (χ0) is 22.4. The molecule has 0 bridgehead atoms. The van der Waals surface area contributed by atoms with Gasteiger partial charge in [0.25, 0.3) is 0 Å². The number of carbonyl (C=O) groups excluding carboxylic acids is 2. The first-order chi connectivity index (χ1) is 14.9. The van der Waals surface area contributed by atoms with Gasteiger partial charge in [0, 0.05) is 45.5 Å². The highest BCUT2D eigenvalue weighted by molar-refractivity contribution is 5.84. The number of benzene rings is 1. The summed E-state index contributed by atoms with van der Waals surface area (Å²) in [7, 11) is 3.66. The predicted octanol–water partition coefficient (Wildman–Crippen LogP) is 4.42. The molecule has 0 saturated carbocycles. The van der Waals surface area contributed by atoms with Gasteiger partial charge in [0.1, 0.15) is 0 Å². The lowest BCUT2D eigenvalue weighted by atomic mass is 9.72.